The van der Waals surface area contributed by atoms with Gasteiger partial charge in [0.1, 0.15) is 6.54 Å². The van der Waals surface area contributed by atoms with E-state index in [9.17, 15) is 4.79 Å². The maximum Gasteiger partial charge on any atom is 0.325 e. The second-order valence-corrected chi connectivity index (χ2v) is 4.20. The van der Waals surface area contributed by atoms with Crippen molar-refractivity contribution in [2.45, 2.75) is 25.5 Å². The van der Waals surface area contributed by atoms with Crippen LogP contribution in [0.4, 0.5) is 0 Å². The summed E-state index contributed by atoms with van der Waals surface area (Å²) >= 11 is 1.47. The molecule has 0 aliphatic heterocycles. The maximum atomic E-state index is 10.4. The summed E-state index contributed by atoms with van der Waals surface area (Å²) in [5, 5.41) is 19.9. The smallest absolute Gasteiger partial charge is 0.325 e. The average Bonchev–Trinajstić information content (AvgIpc) is 2.47. The van der Waals surface area contributed by atoms with E-state index in [1.54, 1.807) is 0 Å². The number of aromatic nitrogens is 4. The second kappa shape index (κ2) is 4.94. The molecule has 0 spiro atoms. The number of thioether (sulfide) groups is 1. The highest BCUT2D eigenvalue weighted by Gasteiger charge is 2.10. The van der Waals surface area contributed by atoms with Gasteiger partial charge in [0.05, 0.1) is 0 Å². The summed E-state index contributed by atoms with van der Waals surface area (Å²) in [5.74, 6) is 0.457. The molecule has 0 saturated carbocycles. The highest BCUT2D eigenvalue weighted by atomic mass is 32.2. The Labute approximate surface area is 85.7 Å². The summed E-state index contributed by atoms with van der Waals surface area (Å²) in [6.45, 7) is 3.98. The third-order valence-electron chi connectivity index (χ3n) is 1.33. The molecule has 14 heavy (non-hydrogen) atoms. The minimum absolute atomic E-state index is 0.187. The van der Waals surface area contributed by atoms with Crippen molar-refractivity contribution in [3.8, 4) is 0 Å². The van der Waals surface area contributed by atoms with Gasteiger partial charge in [-0.05, 0) is 16.3 Å². The van der Waals surface area contributed by atoms with Crippen molar-refractivity contribution in [2.75, 3.05) is 5.75 Å². The average molecular weight is 216 g/mol. The minimum atomic E-state index is -0.941. The molecule has 0 aromatic carbocycles. The molecule has 0 atom stereocenters. The van der Waals surface area contributed by atoms with Crippen LogP contribution in [0.1, 0.15) is 13.8 Å². The van der Waals surface area contributed by atoms with Gasteiger partial charge in [0.15, 0.2) is 0 Å². The normalized spacial score (nSPS) is 10.8. The van der Waals surface area contributed by atoms with Crippen molar-refractivity contribution in [2.24, 2.45) is 5.92 Å². The van der Waals surface area contributed by atoms with Crippen LogP contribution in [0.3, 0.4) is 0 Å². The van der Waals surface area contributed by atoms with Gasteiger partial charge in [-0.3, -0.25) is 4.79 Å². The molecule has 0 saturated heterocycles. The maximum absolute atomic E-state index is 10.4. The highest BCUT2D eigenvalue weighted by Crippen LogP contribution is 2.16. The Morgan fingerprint density at radius 3 is 2.93 bits per heavy atom. The molecular formula is C7H12N4O2S. The second-order valence-electron chi connectivity index (χ2n) is 3.22. The number of hydrogen-bond donors (Lipinski definition) is 1. The fourth-order valence-corrected chi connectivity index (χ4v) is 1.60. The van der Waals surface area contributed by atoms with Crippen molar-refractivity contribution in [3.63, 3.8) is 0 Å². The van der Waals surface area contributed by atoms with Gasteiger partial charge in [0, 0.05) is 5.75 Å². The summed E-state index contributed by atoms with van der Waals surface area (Å²) in [5.41, 5.74) is 0. The van der Waals surface area contributed by atoms with E-state index >= 15 is 0 Å². The number of carboxylic acid groups (broad SMARTS) is 1. The largest absolute Gasteiger partial charge is 0.480 e. The Bertz CT molecular complexity index is 312. The molecule has 0 bridgehead atoms. The molecule has 0 amide bonds. The standard InChI is InChI=1S/C7H12N4O2S/c1-5(2)4-14-7-8-9-10-11(7)3-6(12)13/h5H,3-4H2,1-2H3,(H,12,13). The zero-order valence-electron chi connectivity index (χ0n) is 8.04. The lowest BCUT2D eigenvalue weighted by Gasteiger charge is -2.03. The van der Waals surface area contributed by atoms with E-state index < -0.39 is 5.97 Å². The lowest BCUT2D eigenvalue weighted by atomic mass is 10.3. The van der Waals surface area contributed by atoms with E-state index in [1.807, 2.05) is 0 Å². The molecule has 6 nitrogen and oxygen atoms in total. The van der Waals surface area contributed by atoms with E-state index in [2.05, 4.69) is 29.4 Å². The van der Waals surface area contributed by atoms with Crippen LogP contribution >= 0.6 is 11.8 Å². The highest BCUT2D eigenvalue weighted by molar-refractivity contribution is 7.99. The summed E-state index contributed by atoms with van der Waals surface area (Å²) in [7, 11) is 0. The SMILES string of the molecule is CC(C)CSc1nnnn1CC(=O)O. The molecule has 1 N–H and O–H groups in total. The molecule has 1 rings (SSSR count). The summed E-state index contributed by atoms with van der Waals surface area (Å²) in [4.78, 5) is 10.4. The number of carbonyl (C=O) groups is 1. The van der Waals surface area contributed by atoms with Crippen molar-refractivity contribution in [1.29, 1.82) is 0 Å². The van der Waals surface area contributed by atoms with E-state index in [1.165, 1.54) is 16.4 Å². The van der Waals surface area contributed by atoms with Gasteiger partial charge in [0.25, 0.3) is 0 Å². The number of nitrogens with zero attached hydrogens (tertiary/aromatic N) is 4. The van der Waals surface area contributed by atoms with Gasteiger partial charge < -0.3 is 5.11 Å². The van der Waals surface area contributed by atoms with Crippen molar-refractivity contribution in [1.82, 2.24) is 20.2 Å². The zero-order chi connectivity index (χ0) is 10.6. The minimum Gasteiger partial charge on any atom is -0.480 e. The molecule has 1 aromatic rings. The summed E-state index contributed by atoms with van der Waals surface area (Å²) in [6, 6.07) is 0. The van der Waals surface area contributed by atoms with Crippen LogP contribution < -0.4 is 0 Å². The van der Waals surface area contributed by atoms with Crippen molar-refractivity contribution in [3.05, 3.63) is 0 Å². The number of aliphatic carboxylic acids is 1. The van der Waals surface area contributed by atoms with Gasteiger partial charge in [0.2, 0.25) is 5.16 Å². The van der Waals surface area contributed by atoms with Crippen LogP contribution in [0.5, 0.6) is 0 Å². The molecule has 0 unspecified atom stereocenters. The predicted molar refractivity (Wildman–Crippen MR) is 51.0 cm³/mol. The van der Waals surface area contributed by atoms with Gasteiger partial charge in [-0.15, -0.1) is 5.10 Å². The van der Waals surface area contributed by atoms with Gasteiger partial charge in [-0.1, -0.05) is 25.6 Å². The molecule has 78 valence electrons. The first kappa shape index (κ1) is 11.0. The Morgan fingerprint density at radius 1 is 1.64 bits per heavy atom. The molecule has 0 aliphatic rings. The predicted octanol–water partition coefficient (Wildman–Crippen LogP) is 0.506. The van der Waals surface area contributed by atoms with Crippen LogP contribution in [-0.4, -0.2) is 37.0 Å². The van der Waals surface area contributed by atoms with E-state index in [0.717, 1.165) is 5.75 Å². The Balaban J connectivity index is 2.58. The lowest BCUT2D eigenvalue weighted by molar-refractivity contribution is -0.138. The first-order valence-electron chi connectivity index (χ1n) is 4.20. The van der Waals surface area contributed by atoms with E-state index in [-0.39, 0.29) is 6.54 Å². The number of rotatable bonds is 5. The van der Waals surface area contributed by atoms with Gasteiger partial charge >= 0.3 is 5.97 Å². The van der Waals surface area contributed by atoms with Crippen molar-refractivity contribution < 1.29 is 9.90 Å². The van der Waals surface area contributed by atoms with Crippen molar-refractivity contribution >= 4 is 17.7 Å². The number of carboxylic acids is 1. The number of tetrazole rings is 1. The van der Waals surface area contributed by atoms with Crippen LogP contribution in [0, 0.1) is 5.92 Å². The molecule has 7 heteroatoms. The molecule has 1 heterocycles. The summed E-state index contributed by atoms with van der Waals surface area (Å²) in [6.07, 6.45) is 0. The molecule has 0 radical (unpaired) electrons. The lowest BCUT2D eigenvalue weighted by Crippen LogP contribution is -2.11. The monoisotopic (exact) mass is 216 g/mol. The molecule has 1 aromatic heterocycles. The molecule has 0 aliphatic carbocycles. The topological polar surface area (TPSA) is 80.9 Å². The Kier molecular flexibility index (Phi) is 3.87. The van der Waals surface area contributed by atoms with Crippen LogP contribution in [0.15, 0.2) is 5.16 Å². The fraction of sp³-hybridized carbons (Fsp3) is 0.714. The van der Waals surface area contributed by atoms with Gasteiger partial charge in [-0.25, -0.2) is 4.68 Å². The fourth-order valence-electron chi connectivity index (χ4n) is 0.768. The van der Waals surface area contributed by atoms with Crippen LogP contribution in [-0.2, 0) is 11.3 Å². The van der Waals surface area contributed by atoms with Crippen LogP contribution in [0.25, 0.3) is 0 Å². The third kappa shape index (κ3) is 3.33. The van der Waals surface area contributed by atoms with E-state index in [0.29, 0.717) is 11.1 Å². The van der Waals surface area contributed by atoms with Gasteiger partial charge in [-0.2, -0.15) is 0 Å². The zero-order valence-corrected chi connectivity index (χ0v) is 8.86. The Morgan fingerprint density at radius 2 is 2.36 bits per heavy atom. The van der Waals surface area contributed by atoms with E-state index in [4.69, 9.17) is 5.11 Å². The quantitative estimate of drug-likeness (QED) is 0.722. The first-order chi connectivity index (χ1) is 6.59. The molecular weight excluding hydrogens is 204 g/mol. The van der Waals surface area contributed by atoms with Crippen LogP contribution in [0.2, 0.25) is 0 Å². The molecule has 0 fully saturated rings. The number of hydrogen-bond acceptors (Lipinski definition) is 5. The Hall–Kier alpha value is -1.11. The summed E-state index contributed by atoms with van der Waals surface area (Å²) < 4.78 is 1.29. The first-order valence-corrected chi connectivity index (χ1v) is 5.19. The third-order valence-corrected chi connectivity index (χ3v) is 2.71.